The number of hydrogen-bond acceptors (Lipinski definition) is 3. The fourth-order valence-electron chi connectivity index (χ4n) is 1.14. The van der Waals surface area contributed by atoms with Gasteiger partial charge in [-0.2, -0.15) is 0 Å². The summed E-state index contributed by atoms with van der Waals surface area (Å²) in [6.45, 7) is 4.89. The van der Waals surface area contributed by atoms with E-state index in [0.29, 0.717) is 5.25 Å². The van der Waals surface area contributed by atoms with Gasteiger partial charge in [-0.1, -0.05) is 28.5 Å². The third kappa shape index (κ3) is 2.59. The third-order valence-electron chi connectivity index (χ3n) is 1.88. The first-order chi connectivity index (χ1) is 5.77. The summed E-state index contributed by atoms with van der Waals surface area (Å²) in [6.07, 6.45) is 2.21. The van der Waals surface area contributed by atoms with Crippen LogP contribution in [0.3, 0.4) is 0 Å². The van der Waals surface area contributed by atoms with Gasteiger partial charge in [-0.25, -0.2) is 0 Å². The molecule has 1 aliphatic heterocycles. The minimum Gasteiger partial charge on any atom is -0.355 e. The van der Waals surface area contributed by atoms with Crippen molar-refractivity contribution in [2.24, 2.45) is 0 Å². The molecule has 0 aromatic rings. The molecule has 0 spiro atoms. The zero-order valence-corrected chi connectivity index (χ0v) is 9.13. The van der Waals surface area contributed by atoms with Gasteiger partial charge >= 0.3 is 0 Å². The highest BCUT2D eigenvalue weighted by molar-refractivity contribution is 8.77. The average molecular weight is 205 g/mol. The van der Waals surface area contributed by atoms with Crippen LogP contribution in [0.1, 0.15) is 26.7 Å². The number of hydrogen-bond donors (Lipinski definition) is 1. The molecule has 1 fully saturated rings. The van der Waals surface area contributed by atoms with Gasteiger partial charge in [-0.15, -0.1) is 0 Å². The maximum absolute atomic E-state index is 11.4. The molecule has 1 saturated heterocycles. The Balaban J connectivity index is 2.31. The fraction of sp³-hybridized carbons (Fsp3) is 0.875. The molecule has 0 saturated carbocycles. The maximum atomic E-state index is 11.4. The van der Waals surface area contributed by atoms with Crippen LogP contribution in [0, 0.1) is 0 Å². The van der Waals surface area contributed by atoms with Crippen LogP contribution in [0.15, 0.2) is 0 Å². The second-order valence-corrected chi connectivity index (χ2v) is 5.62. The van der Waals surface area contributed by atoms with Crippen molar-refractivity contribution >= 4 is 27.5 Å². The standard InChI is InChI=1S/C8H15NOS2/c1-3-6-5-7(12-11-6)8(10)9-4-2/h6-7H,3-5H2,1-2H3,(H,9,10). The Kier molecular flexibility index (Phi) is 4.29. The van der Waals surface area contributed by atoms with E-state index >= 15 is 0 Å². The quantitative estimate of drug-likeness (QED) is 0.715. The molecular weight excluding hydrogens is 190 g/mol. The van der Waals surface area contributed by atoms with Crippen LogP contribution in [0.25, 0.3) is 0 Å². The molecule has 1 N–H and O–H groups in total. The van der Waals surface area contributed by atoms with Crippen LogP contribution in [-0.2, 0) is 4.79 Å². The number of carbonyl (C=O) groups excluding carboxylic acids is 1. The monoisotopic (exact) mass is 205 g/mol. The van der Waals surface area contributed by atoms with E-state index in [1.54, 1.807) is 10.8 Å². The summed E-state index contributed by atoms with van der Waals surface area (Å²) in [6, 6.07) is 0. The van der Waals surface area contributed by atoms with Crippen LogP contribution in [0.5, 0.6) is 0 Å². The fourth-order valence-corrected chi connectivity index (χ4v) is 4.45. The van der Waals surface area contributed by atoms with Gasteiger partial charge in [0, 0.05) is 11.8 Å². The predicted octanol–water partition coefficient (Wildman–Crippen LogP) is 2.05. The zero-order chi connectivity index (χ0) is 8.97. The first-order valence-corrected chi connectivity index (χ1v) is 6.65. The first-order valence-electron chi connectivity index (χ1n) is 4.37. The Morgan fingerprint density at radius 2 is 2.25 bits per heavy atom. The second kappa shape index (κ2) is 5.02. The Hall–Kier alpha value is 0.170. The lowest BCUT2D eigenvalue weighted by molar-refractivity contribution is -0.120. The van der Waals surface area contributed by atoms with Gasteiger partial charge < -0.3 is 5.32 Å². The van der Waals surface area contributed by atoms with Crippen molar-refractivity contribution in [2.45, 2.75) is 37.2 Å². The Bertz CT molecular complexity index is 163. The van der Waals surface area contributed by atoms with Crippen LogP contribution in [0.2, 0.25) is 0 Å². The van der Waals surface area contributed by atoms with Crippen molar-refractivity contribution in [1.29, 1.82) is 0 Å². The van der Waals surface area contributed by atoms with Crippen LogP contribution in [0.4, 0.5) is 0 Å². The van der Waals surface area contributed by atoms with Crippen molar-refractivity contribution < 1.29 is 4.79 Å². The van der Waals surface area contributed by atoms with Gasteiger partial charge in [-0.3, -0.25) is 4.79 Å². The largest absolute Gasteiger partial charge is 0.355 e. The molecule has 0 aliphatic carbocycles. The smallest absolute Gasteiger partial charge is 0.234 e. The van der Waals surface area contributed by atoms with E-state index < -0.39 is 0 Å². The van der Waals surface area contributed by atoms with Gasteiger partial charge in [0.15, 0.2) is 0 Å². The summed E-state index contributed by atoms with van der Waals surface area (Å²) in [5.74, 6) is 0.214. The van der Waals surface area contributed by atoms with E-state index in [2.05, 4.69) is 12.2 Å². The summed E-state index contributed by atoms with van der Waals surface area (Å²) in [7, 11) is 3.59. The molecule has 2 atom stereocenters. The summed E-state index contributed by atoms with van der Waals surface area (Å²) in [4.78, 5) is 11.4. The molecule has 12 heavy (non-hydrogen) atoms. The van der Waals surface area contributed by atoms with Gasteiger partial charge in [0.05, 0.1) is 5.25 Å². The molecule has 0 aromatic heterocycles. The number of nitrogens with one attached hydrogen (secondary N) is 1. The molecular formula is C8H15NOS2. The van der Waals surface area contributed by atoms with Crippen LogP contribution in [-0.4, -0.2) is 23.0 Å². The van der Waals surface area contributed by atoms with Crippen LogP contribution >= 0.6 is 21.6 Å². The lowest BCUT2D eigenvalue weighted by Crippen LogP contribution is -2.31. The van der Waals surface area contributed by atoms with Gasteiger partial charge in [-0.05, 0) is 19.8 Å². The molecule has 4 heteroatoms. The molecule has 2 unspecified atom stereocenters. The molecule has 1 rings (SSSR count). The normalized spacial score (nSPS) is 28.8. The van der Waals surface area contributed by atoms with Gasteiger partial charge in [0.2, 0.25) is 5.91 Å². The molecule has 0 bridgehead atoms. The minimum absolute atomic E-state index is 0.194. The van der Waals surface area contributed by atoms with E-state index in [9.17, 15) is 4.79 Å². The third-order valence-corrected chi connectivity index (χ3v) is 5.28. The Labute approximate surface area is 81.6 Å². The second-order valence-electron chi connectivity index (χ2n) is 2.84. The first kappa shape index (κ1) is 10.3. The van der Waals surface area contributed by atoms with Crippen molar-refractivity contribution in [3.8, 4) is 0 Å². The Morgan fingerprint density at radius 3 is 2.75 bits per heavy atom. The van der Waals surface area contributed by atoms with E-state index in [1.807, 2.05) is 17.7 Å². The van der Waals surface area contributed by atoms with Gasteiger partial charge in [0.25, 0.3) is 0 Å². The highest BCUT2D eigenvalue weighted by Crippen LogP contribution is 2.44. The summed E-state index contributed by atoms with van der Waals surface area (Å²) >= 11 is 0. The predicted molar refractivity (Wildman–Crippen MR) is 56.3 cm³/mol. The SMILES string of the molecule is CCNC(=O)C1CC(CC)SS1. The molecule has 1 heterocycles. The molecule has 2 nitrogen and oxygen atoms in total. The lowest BCUT2D eigenvalue weighted by Gasteiger charge is -2.06. The van der Waals surface area contributed by atoms with Crippen molar-refractivity contribution in [1.82, 2.24) is 5.32 Å². The zero-order valence-electron chi connectivity index (χ0n) is 7.50. The minimum atomic E-state index is 0.194. The average Bonchev–Trinajstić information content (AvgIpc) is 2.52. The van der Waals surface area contributed by atoms with Crippen molar-refractivity contribution in [2.75, 3.05) is 6.54 Å². The molecule has 70 valence electrons. The van der Waals surface area contributed by atoms with E-state index in [4.69, 9.17) is 0 Å². The molecule has 0 radical (unpaired) electrons. The van der Waals surface area contributed by atoms with Gasteiger partial charge in [0.1, 0.15) is 0 Å². The number of amides is 1. The highest BCUT2D eigenvalue weighted by Gasteiger charge is 2.29. The van der Waals surface area contributed by atoms with Crippen molar-refractivity contribution in [3.63, 3.8) is 0 Å². The van der Waals surface area contributed by atoms with E-state index in [0.717, 1.165) is 13.0 Å². The molecule has 0 aromatic carbocycles. The summed E-state index contributed by atoms with van der Waals surface area (Å²) in [5.41, 5.74) is 0. The number of rotatable bonds is 3. The van der Waals surface area contributed by atoms with Crippen LogP contribution < -0.4 is 5.32 Å². The lowest BCUT2D eigenvalue weighted by atomic mass is 10.2. The molecule has 1 amide bonds. The molecule has 1 aliphatic rings. The van der Waals surface area contributed by atoms with E-state index in [-0.39, 0.29) is 11.2 Å². The van der Waals surface area contributed by atoms with E-state index in [1.165, 1.54) is 6.42 Å². The maximum Gasteiger partial charge on any atom is 0.234 e. The summed E-state index contributed by atoms with van der Waals surface area (Å²) < 4.78 is 0. The topological polar surface area (TPSA) is 29.1 Å². The highest BCUT2D eigenvalue weighted by atomic mass is 33.1. The number of carbonyl (C=O) groups is 1. The summed E-state index contributed by atoms with van der Waals surface area (Å²) in [5, 5.41) is 3.74. The Morgan fingerprint density at radius 1 is 1.50 bits per heavy atom. The van der Waals surface area contributed by atoms with Crippen molar-refractivity contribution in [3.05, 3.63) is 0 Å².